The SMILES string of the molecule is CC(c1ccc(F)cc1)N(C)S(=O)(=O)F. The van der Waals surface area contributed by atoms with Crippen LogP contribution in [0.4, 0.5) is 8.28 Å². The van der Waals surface area contributed by atoms with Gasteiger partial charge in [0.25, 0.3) is 0 Å². The topological polar surface area (TPSA) is 37.4 Å². The van der Waals surface area contributed by atoms with Crippen molar-refractivity contribution in [2.45, 2.75) is 13.0 Å². The van der Waals surface area contributed by atoms with Crippen molar-refractivity contribution in [2.24, 2.45) is 0 Å². The van der Waals surface area contributed by atoms with Gasteiger partial charge in [0.15, 0.2) is 0 Å². The van der Waals surface area contributed by atoms with Crippen molar-refractivity contribution in [3.8, 4) is 0 Å². The summed E-state index contributed by atoms with van der Waals surface area (Å²) in [5.74, 6) is -0.420. The molecule has 0 N–H and O–H groups in total. The van der Waals surface area contributed by atoms with Crippen molar-refractivity contribution in [1.82, 2.24) is 4.31 Å². The van der Waals surface area contributed by atoms with Crippen LogP contribution in [-0.4, -0.2) is 19.8 Å². The molecule has 1 rings (SSSR count). The Labute approximate surface area is 87.7 Å². The fourth-order valence-corrected chi connectivity index (χ4v) is 1.64. The van der Waals surface area contributed by atoms with E-state index in [1.54, 1.807) is 0 Å². The van der Waals surface area contributed by atoms with E-state index in [0.29, 0.717) is 9.87 Å². The van der Waals surface area contributed by atoms with Gasteiger partial charge in [-0.15, -0.1) is 0 Å². The van der Waals surface area contributed by atoms with Gasteiger partial charge in [0.05, 0.1) is 0 Å². The maximum absolute atomic E-state index is 12.6. The third kappa shape index (κ3) is 2.97. The number of hydrogen-bond donors (Lipinski definition) is 0. The molecule has 0 radical (unpaired) electrons. The van der Waals surface area contributed by atoms with Gasteiger partial charge in [-0.25, -0.2) is 4.39 Å². The van der Waals surface area contributed by atoms with E-state index in [2.05, 4.69) is 0 Å². The van der Waals surface area contributed by atoms with Crippen molar-refractivity contribution >= 4 is 10.4 Å². The Morgan fingerprint density at radius 1 is 1.27 bits per heavy atom. The van der Waals surface area contributed by atoms with Crippen LogP contribution < -0.4 is 0 Å². The van der Waals surface area contributed by atoms with Crippen LogP contribution in [0.5, 0.6) is 0 Å². The zero-order valence-electron chi connectivity index (χ0n) is 8.31. The minimum atomic E-state index is -4.72. The summed E-state index contributed by atoms with van der Waals surface area (Å²) in [6.07, 6.45) is 0. The number of hydrogen-bond acceptors (Lipinski definition) is 2. The standard InChI is InChI=1S/C9H11F2NO2S/c1-7(12(2)15(11,13)14)8-3-5-9(10)6-4-8/h3-7H,1-2H3. The van der Waals surface area contributed by atoms with Crippen molar-refractivity contribution < 1.29 is 16.7 Å². The van der Waals surface area contributed by atoms with Crippen molar-refractivity contribution in [2.75, 3.05) is 7.05 Å². The van der Waals surface area contributed by atoms with Crippen LogP contribution in [0.3, 0.4) is 0 Å². The van der Waals surface area contributed by atoms with E-state index in [1.165, 1.54) is 31.2 Å². The van der Waals surface area contributed by atoms with E-state index < -0.39 is 22.3 Å². The largest absolute Gasteiger partial charge is 0.375 e. The number of rotatable bonds is 3. The average molecular weight is 235 g/mol. The quantitative estimate of drug-likeness (QED) is 0.752. The molecule has 0 saturated carbocycles. The summed E-state index contributed by atoms with van der Waals surface area (Å²) in [7, 11) is -3.59. The first-order valence-corrected chi connectivity index (χ1v) is 5.59. The summed E-state index contributed by atoms with van der Waals surface area (Å²) in [6, 6.07) is 4.57. The van der Waals surface area contributed by atoms with E-state index >= 15 is 0 Å². The molecule has 0 bridgehead atoms. The van der Waals surface area contributed by atoms with Crippen LogP contribution in [0.2, 0.25) is 0 Å². The minimum Gasteiger partial charge on any atom is -0.207 e. The molecule has 0 amide bonds. The average Bonchev–Trinajstić information content (AvgIpc) is 2.15. The first-order valence-electron chi connectivity index (χ1n) is 4.25. The highest BCUT2D eigenvalue weighted by molar-refractivity contribution is 7.83. The van der Waals surface area contributed by atoms with Gasteiger partial charge in [-0.2, -0.15) is 12.7 Å². The predicted molar refractivity (Wildman–Crippen MR) is 52.6 cm³/mol. The Balaban J connectivity index is 2.95. The maximum atomic E-state index is 12.6. The first kappa shape index (κ1) is 12.1. The van der Waals surface area contributed by atoms with Gasteiger partial charge in [0.1, 0.15) is 5.82 Å². The molecular formula is C9H11F2NO2S. The molecule has 0 fully saturated rings. The summed E-state index contributed by atoms with van der Waals surface area (Å²) in [5, 5.41) is 0. The zero-order chi connectivity index (χ0) is 11.6. The molecule has 0 saturated heterocycles. The highest BCUT2D eigenvalue weighted by atomic mass is 32.3. The Morgan fingerprint density at radius 2 is 1.73 bits per heavy atom. The summed E-state index contributed by atoms with van der Waals surface area (Å²) >= 11 is 0. The van der Waals surface area contributed by atoms with Gasteiger partial charge < -0.3 is 0 Å². The first-order chi connectivity index (χ1) is 6.82. The van der Waals surface area contributed by atoms with Crippen LogP contribution in [-0.2, 0) is 10.4 Å². The Kier molecular flexibility index (Phi) is 3.41. The normalized spacial score (nSPS) is 14.2. The highest BCUT2D eigenvalue weighted by Gasteiger charge is 2.23. The lowest BCUT2D eigenvalue weighted by Gasteiger charge is -2.20. The molecule has 0 aliphatic carbocycles. The number of benzene rings is 1. The molecular weight excluding hydrogens is 224 g/mol. The highest BCUT2D eigenvalue weighted by Crippen LogP contribution is 2.21. The number of halogens is 2. The molecule has 0 aliphatic rings. The number of nitrogens with zero attached hydrogens (tertiary/aromatic N) is 1. The second-order valence-electron chi connectivity index (χ2n) is 3.19. The molecule has 0 aliphatic heterocycles. The summed E-state index contributed by atoms with van der Waals surface area (Å²) < 4.78 is 47.0. The smallest absolute Gasteiger partial charge is 0.207 e. The van der Waals surface area contributed by atoms with E-state index in [-0.39, 0.29) is 0 Å². The Morgan fingerprint density at radius 3 is 2.13 bits per heavy atom. The predicted octanol–water partition coefficient (Wildman–Crippen LogP) is 2.03. The molecule has 0 spiro atoms. The summed E-state index contributed by atoms with van der Waals surface area (Å²) in [5.41, 5.74) is 0.528. The fraction of sp³-hybridized carbons (Fsp3) is 0.333. The molecule has 1 unspecified atom stereocenters. The molecule has 1 aromatic rings. The van der Waals surface area contributed by atoms with E-state index in [4.69, 9.17) is 0 Å². The Hall–Kier alpha value is -1.01. The molecule has 1 aromatic carbocycles. The van der Waals surface area contributed by atoms with Crippen LogP contribution in [0.1, 0.15) is 18.5 Å². The van der Waals surface area contributed by atoms with Crippen LogP contribution in [0.25, 0.3) is 0 Å². The van der Waals surface area contributed by atoms with Gasteiger partial charge in [-0.1, -0.05) is 16.0 Å². The van der Waals surface area contributed by atoms with Crippen molar-refractivity contribution in [3.63, 3.8) is 0 Å². The van der Waals surface area contributed by atoms with Gasteiger partial charge in [0, 0.05) is 13.1 Å². The lowest BCUT2D eigenvalue weighted by molar-refractivity contribution is 0.372. The summed E-state index contributed by atoms with van der Waals surface area (Å²) in [6.45, 7) is 1.52. The molecule has 0 aromatic heterocycles. The third-order valence-corrected chi connectivity index (χ3v) is 3.25. The summed E-state index contributed by atoms with van der Waals surface area (Å²) in [4.78, 5) is 0. The fourth-order valence-electron chi connectivity index (χ4n) is 1.14. The molecule has 84 valence electrons. The molecule has 1 atom stereocenters. The van der Waals surface area contributed by atoms with Crippen LogP contribution in [0, 0.1) is 5.82 Å². The molecule has 0 heterocycles. The lowest BCUT2D eigenvalue weighted by Crippen LogP contribution is -2.26. The van der Waals surface area contributed by atoms with Gasteiger partial charge in [-0.05, 0) is 24.6 Å². The third-order valence-electron chi connectivity index (χ3n) is 2.24. The van der Waals surface area contributed by atoms with Crippen molar-refractivity contribution in [3.05, 3.63) is 35.6 Å². The monoisotopic (exact) mass is 235 g/mol. The second-order valence-corrected chi connectivity index (χ2v) is 4.59. The lowest BCUT2D eigenvalue weighted by atomic mass is 10.1. The van der Waals surface area contributed by atoms with E-state index in [9.17, 15) is 16.7 Å². The molecule has 15 heavy (non-hydrogen) atoms. The Bertz CT molecular complexity index is 430. The zero-order valence-corrected chi connectivity index (χ0v) is 9.13. The van der Waals surface area contributed by atoms with Crippen LogP contribution in [0.15, 0.2) is 24.3 Å². The van der Waals surface area contributed by atoms with Gasteiger partial charge in [0.2, 0.25) is 0 Å². The van der Waals surface area contributed by atoms with Gasteiger partial charge >= 0.3 is 10.4 Å². The second kappa shape index (κ2) is 4.24. The van der Waals surface area contributed by atoms with E-state index in [1.807, 2.05) is 0 Å². The van der Waals surface area contributed by atoms with Crippen molar-refractivity contribution in [1.29, 1.82) is 0 Å². The maximum Gasteiger partial charge on any atom is 0.375 e. The van der Waals surface area contributed by atoms with Crippen LogP contribution >= 0.6 is 0 Å². The minimum absolute atomic E-state index is 0.420. The molecule has 3 nitrogen and oxygen atoms in total. The van der Waals surface area contributed by atoms with Gasteiger partial charge in [-0.3, -0.25) is 0 Å². The van der Waals surface area contributed by atoms with E-state index in [0.717, 1.165) is 7.05 Å². The molecule has 6 heteroatoms.